The fourth-order valence-electron chi connectivity index (χ4n) is 3.04. The second kappa shape index (κ2) is 8.73. The number of carbonyl (C=O) groups excluding carboxylic acids is 1. The number of aromatic hydroxyl groups is 2. The van der Waals surface area contributed by atoms with E-state index >= 15 is 0 Å². The molecule has 0 aliphatic carbocycles. The Kier molecular flexibility index (Phi) is 6.62. The van der Waals surface area contributed by atoms with Gasteiger partial charge in [-0.1, -0.05) is 13.8 Å². The van der Waals surface area contributed by atoms with Gasteiger partial charge in [-0.05, 0) is 24.5 Å². The fraction of sp³-hybridized carbons (Fsp3) is 0.381. The number of rotatable bonds is 7. The summed E-state index contributed by atoms with van der Waals surface area (Å²) in [6.45, 7) is 5.96. The van der Waals surface area contributed by atoms with Gasteiger partial charge in [0.15, 0.2) is 11.5 Å². The van der Waals surface area contributed by atoms with E-state index in [9.17, 15) is 15.0 Å². The molecule has 0 bridgehead atoms. The molecule has 0 atom stereocenters. The molecule has 2 N–H and O–H groups in total. The van der Waals surface area contributed by atoms with Gasteiger partial charge in [0.25, 0.3) is 5.91 Å². The Morgan fingerprint density at radius 2 is 1.54 bits per heavy atom. The number of anilines is 1. The smallest absolute Gasteiger partial charge is 0.262 e. The van der Waals surface area contributed by atoms with E-state index in [4.69, 9.17) is 14.2 Å². The maximum Gasteiger partial charge on any atom is 0.262 e. The van der Waals surface area contributed by atoms with E-state index < -0.39 is 5.91 Å². The van der Waals surface area contributed by atoms with E-state index in [-0.39, 0.29) is 23.0 Å². The van der Waals surface area contributed by atoms with E-state index in [1.54, 1.807) is 12.1 Å². The molecule has 2 aromatic carbocycles. The van der Waals surface area contributed by atoms with Crippen molar-refractivity contribution in [1.82, 2.24) is 0 Å². The topological polar surface area (TPSA) is 88.5 Å². The van der Waals surface area contributed by atoms with Crippen molar-refractivity contribution in [3.8, 4) is 28.7 Å². The van der Waals surface area contributed by atoms with E-state index in [1.807, 2.05) is 20.8 Å². The van der Waals surface area contributed by atoms with Crippen molar-refractivity contribution in [3.05, 3.63) is 35.4 Å². The normalized spacial score (nSPS) is 10.7. The van der Waals surface area contributed by atoms with Crippen molar-refractivity contribution in [1.29, 1.82) is 0 Å². The molecule has 0 fully saturated rings. The molecule has 28 heavy (non-hydrogen) atoms. The lowest BCUT2D eigenvalue weighted by atomic mass is 9.98. The Morgan fingerprint density at radius 1 is 0.964 bits per heavy atom. The Hall–Kier alpha value is -3.09. The molecule has 7 heteroatoms. The van der Waals surface area contributed by atoms with Crippen molar-refractivity contribution in [2.45, 2.75) is 26.7 Å². The number of nitrogens with zero attached hydrogens (tertiary/aromatic N) is 1. The van der Waals surface area contributed by atoms with Crippen LogP contribution in [0.1, 0.15) is 42.6 Å². The van der Waals surface area contributed by atoms with Crippen LogP contribution in [-0.4, -0.2) is 44.0 Å². The van der Waals surface area contributed by atoms with Gasteiger partial charge in [-0.25, -0.2) is 0 Å². The lowest BCUT2D eigenvalue weighted by Gasteiger charge is -2.24. The molecular weight excluding hydrogens is 362 g/mol. The monoisotopic (exact) mass is 389 g/mol. The molecule has 0 aromatic heterocycles. The summed E-state index contributed by atoms with van der Waals surface area (Å²) in [5.41, 5.74) is 1.22. The first kappa shape index (κ1) is 21.2. The lowest BCUT2D eigenvalue weighted by Crippen LogP contribution is -2.31. The molecule has 1 amide bonds. The van der Waals surface area contributed by atoms with Crippen LogP contribution < -0.4 is 19.1 Å². The third-order valence-electron chi connectivity index (χ3n) is 4.52. The van der Waals surface area contributed by atoms with E-state index in [1.165, 1.54) is 38.4 Å². The van der Waals surface area contributed by atoms with Crippen LogP contribution in [0.2, 0.25) is 0 Å². The molecule has 7 nitrogen and oxygen atoms in total. The number of carbonyl (C=O) groups is 1. The van der Waals surface area contributed by atoms with Crippen LogP contribution in [0, 0.1) is 0 Å². The number of phenols is 2. The largest absolute Gasteiger partial charge is 0.508 e. The standard InChI is InChI=1S/C21H27NO6/c1-7-22(13-8-18(26-4)20(28-6)19(9-13)27-5)21(25)15-10-14(12(2)3)16(23)11-17(15)24/h8-12,23-24H,7H2,1-6H3. The second-order valence-corrected chi connectivity index (χ2v) is 6.52. The first-order valence-corrected chi connectivity index (χ1v) is 8.96. The van der Waals surface area contributed by atoms with Gasteiger partial charge in [0.1, 0.15) is 11.5 Å². The molecule has 2 aromatic rings. The molecule has 0 radical (unpaired) electrons. The van der Waals surface area contributed by atoms with Crippen LogP contribution in [0.5, 0.6) is 28.7 Å². The summed E-state index contributed by atoms with van der Waals surface area (Å²) in [5, 5.41) is 20.3. The number of methoxy groups -OCH3 is 3. The zero-order valence-electron chi connectivity index (χ0n) is 17.1. The molecule has 0 spiro atoms. The minimum Gasteiger partial charge on any atom is -0.508 e. The van der Waals surface area contributed by atoms with Crippen molar-refractivity contribution in [2.75, 3.05) is 32.8 Å². The average molecular weight is 389 g/mol. The average Bonchev–Trinajstić information content (AvgIpc) is 2.67. The zero-order chi connectivity index (χ0) is 21.0. The van der Waals surface area contributed by atoms with Crippen molar-refractivity contribution in [2.24, 2.45) is 0 Å². The molecule has 152 valence electrons. The molecule has 0 aliphatic heterocycles. The number of amides is 1. The minimum atomic E-state index is -0.406. The number of hydrogen-bond donors (Lipinski definition) is 2. The maximum absolute atomic E-state index is 13.2. The Balaban J connectivity index is 2.57. The number of ether oxygens (including phenoxy) is 3. The summed E-state index contributed by atoms with van der Waals surface area (Å²) in [4.78, 5) is 14.7. The first-order chi connectivity index (χ1) is 13.3. The third kappa shape index (κ3) is 3.93. The summed E-state index contributed by atoms with van der Waals surface area (Å²) >= 11 is 0. The highest BCUT2D eigenvalue weighted by molar-refractivity contribution is 6.08. The van der Waals surface area contributed by atoms with Gasteiger partial charge in [0, 0.05) is 24.7 Å². The number of benzene rings is 2. The maximum atomic E-state index is 13.2. The Morgan fingerprint density at radius 3 is 1.96 bits per heavy atom. The van der Waals surface area contributed by atoms with Gasteiger partial charge in [-0.15, -0.1) is 0 Å². The quantitative estimate of drug-likeness (QED) is 0.746. The lowest BCUT2D eigenvalue weighted by molar-refractivity contribution is 0.0985. The highest BCUT2D eigenvalue weighted by Crippen LogP contribution is 2.42. The summed E-state index contributed by atoms with van der Waals surface area (Å²) in [7, 11) is 4.50. The van der Waals surface area contributed by atoms with Crippen LogP contribution in [-0.2, 0) is 0 Å². The summed E-state index contributed by atoms with van der Waals surface area (Å²) in [6, 6.07) is 6.07. The van der Waals surface area contributed by atoms with Gasteiger partial charge >= 0.3 is 0 Å². The van der Waals surface area contributed by atoms with E-state index in [0.717, 1.165) is 0 Å². The van der Waals surface area contributed by atoms with Crippen LogP contribution in [0.15, 0.2) is 24.3 Å². The van der Waals surface area contributed by atoms with Crippen LogP contribution in [0.4, 0.5) is 5.69 Å². The van der Waals surface area contributed by atoms with Gasteiger partial charge in [0.05, 0.1) is 32.6 Å². The second-order valence-electron chi connectivity index (χ2n) is 6.52. The molecule has 0 saturated heterocycles. The molecule has 0 aliphatic rings. The van der Waals surface area contributed by atoms with Gasteiger partial charge in [0.2, 0.25) is 5.75 Å². The SMILES string of the molecule is CCN(C(=O)c1cc(C(C)C)c(O)cc1O)c1cc(OC)c(OC)c(OC)c1. The van der Waals surface area contributed by atoms with Crippen LogP contribution in [0.3, 0.4) is 0 Å². The van der Waals surface area contributed by atoms with Crippen molar-refractivity contribution in [3.63, 3.8) is 0 Å². The summed E-state index contributed by atoms with van der Waals surface area (Å²) in [5.74, 6) is 0.519. The Bertz CT molecular complexity index is 837. The molecule has 2 rings (SSSR count). The predicted octanol–water partition coefficient (Wildman–Crippen LogP) is 3.91. The van der Waals surface area contributed by atoms with Crippen LogP contribution >= 0.6 is 0 Å². The van der Waals surface area contributed by atoms with Crippen molar-refractivity contribution >= 4 is 11.6 Å². The van der Waals surface area contributed by atoms with Crippen molar-refractivity contribution < 1.29 is 29.2 Å². The molecule has 0 heterocycles. The first-order valence-electron chi connectivity index (χ1n) is 8.96. The van der Waals surface area contributed by atoms with Crippen LogP contribution in [0.25, 0.3) is 0 Å². The molecule has 0 unspecified atom stereocenters. The molecular formula is C21H27NO6. The van der Waals surface area contributed by atoms with Gasteiger partial charge in [-0.3, -0.25) is 4.79 Å². The predicted molar refractivity (Wildman–Crippen MR) is 107 cm³/mol. The highest BCUT2D eigenvalue weighted by atomic mass is 16.5. The van der Waals surface area contributed by atoms with E-state index in [2.05, 4.69) is 0 Å². The van der Waals surface area contributed by atoms with Gasteiger partial charge < -0.3 is 29.3 Å². The summed E-state index contributed by atoms with van der Waals surface area (Å²) in [6.07, 6.45) is 0. The van der Waals surface area contributed by atoms with E-state index in [0.29, 0.717) is 35.0 Å². The number of hydrogen-bond acceptors (Lipinski definition) is 6. The number of phenolic OH excluding ortho intramolecular Hbond substituents is 2. The minimum absolute atomic E-state index is 0.0107. The summed E-state index contributed by atoms with van der Waals surface area (Å²) < 4.78 is 16.1. The highest BCUT2D eigenvalue weighted by Gasteiger charge is 2.24. The molecule has 0 saturated carbocycles. The fourth-order valence-corrected chi connectivity index (χ4v) is 3.04. The zero-order valence-corrected chi connectivity index (χ0v) is 17.1. The van der Waals surface area contributed by atoms with Gasteiger partial charge in [-0.2, -0.15) is 0 Å². The Labute approximate surface area is 165 Å². The third-order valence-corrected chi connectivity index (χ3v) is 4.52.